The summed E-state index contributed by atoms with van der Waals surface area (Å²) in [5.74, 6) is 0. The van der Waals surface area contributed by atoms with Gasteiger partial charge in [-0.3, -0.25) is 4.90 Å². The highest BCUT2D eigenvalue weighted by molar-refractivity contribution is 4.72. The molecule has 1 fully saturated rings. The lowest BCUT2D eigenvalue weighted by atomic mass is 10.2. The molecule has 0 radical (unpaired) electrons. The zero-order valence-electron chi connectivity index (χ0n) is 10.8. The lowest BCUT2D eigenvalue weighted by molar-refractivity contribution is -0.0322. The van der Waals surface area contributed by atoms with Gasteiger partial charge in [0.2, 0.25) is 0 Å². The number of hydrogen-bond acceptors (Lipinski definition) is 4. The topological polar surface area (TPSA) is 41.7 Å². The van der Waals surface area contributed by atoms with Crippen LogP contribution in [0.15, 0.2) is 0 Å². The Hall–Kier alpha value is -0.160. The van der Waals surface area contributed by atoms with E-state index in [4.69, 9.17) is 10.5 Å². The van der Waals surface area contributed by atoms with E-state index in [0.717, 1.165) is 45.8 Å². The van der Waals surface area contributed by atoms with Gasteiger partial charge in [-0.1, -0.05) is 6.92 Å². The van der Waals surface area contributed by atoms with Crippen LogP contribution in [0, 0.1) is 0 Å². The van der Waals surface area contributed by atoms with Crippen molar-refractivity contribution < 1.29 is 4.74 Å². The summed E-state index contributed by atoms with van der Waals surface area (Å²) in [4.78, 5) is 4.89. The van der Waals surface area contributed by atoms with Crippen molar-refractivity contribution >= 4 is 0 Å². The van der Waals surface area contributed by atoms with Crippen molar-refractivity contribution in [2.24, 2.45) is 5.73 Å². The minimum atomic E-state index is 0.357. The molecule has 0 aromatic heterocycles. The first kappa shape index (κ1) is 13.9. The second-order valence-electron chi connectivity index (χ2n) is 4.67. The van der Waals surface area contributed by atoms with Crippen LogP contribution >= 0.6 is 0 Å². The summed E-state index contributed by atoms with van der Waals surface area (Å²) in [6.45, 7) is 9.44. The number of morpholine rings is 1. The SMILES string of the molecule is CCCN(C)CCN1CCOC(CCN)C1. The zero-order chi connectivity index (χ0) is 11.8. The third-order valence-corrected chi connectivity index (χ3v) is 3.11. The normalized spacial score (nSPS) is 22.9. The summed E-state index contributed by atoms with van der Waals surface area (Å²) >= 11 is 0. The van der Waals surface area contributed by atoms with Gasteiger partial charge in [0.15, 0.2) is 0 Å². The summed E-state index contributed by atoms with van der Waals surface area (Å²) in [5.41, 5.74) is 5.56. The molecule has 16 heavy (non-hydrogen) atoms. The molecule has 0 saturated carbocycles. The molecule has 1 saturated heterocycles. The maximum Gasteiger partial charge on any atom is 0.0714 e. The van der Waals surface area contributed by atoms with Crippen LogP contribution in [-0.2, 0) is 4.74 Å². The molecule has 0 aromatic rings. The van der Waals surface area contributed by atoms with E-state index >= 15 is 0 Å². The number of nitrogens with zero attached hydrogens (tertiary/aromatic N) is 2. The quantitative estimate of drug-likeness (QED) is 0.685. The van der Waals surface area contributed by atoms with Gasteiger partial charge < -0.3 is 15.4 Å². The molecule has 1 heterocycles. The van der Waals surface area contributed by atoms with E-state index in [-0.39, 0.29) is 0 Å². The van der Waals surface area contributed by atoms with E-state index in [1.165, 1.54) is 13.0 Å². The maximum absolute atomic E-state index is 5.67. The third-order valence-electron chi connectivity index (χ3n) is 3.11. The molecule has 0 aromatic carbocycles. The highest BCUT2D eigenvalue weighted by atomic mass is 16.5. The summed E-state index contributed by atoms with van der Waals surface area (Å²) in [6, 6.07) is 0. The molecule has 1 aliphatic heterocycles. The Balaban J connectivity index is 2.16. The van der Waals surface area contributed by atoms with Gasteiger partial charge in [0.05, 0.1) is 12.7 Å². The molecule has 96 valence electrons. The average Bonchev–Trinajstić information content (AvgIpc) is 2.28. The fourth-order valence-electron chi connectivity index (χ4n) is 2.15. The van der Waals surface area contributed by atoms with Crippen LogP contribution in [0.2, 0.25) is 0 Å². The second-order valence-corrected chi connectivity index (χ2v) is 4.67. The molecule has 4 heteroatoms. The van der Waals surface area contributed by atoms with Gasteiger partial charge in [0.1, 0.15) is 0 Å². The van der Waals surface area contributed by atoms with Gasteiger partial charge in [-0.05, 0) is 33.0 Å². The highest BCUT2D eigenvalue weighted by Gasteiger charge is 2.19. The molecular weight excluding hydrogens is 202 g/mol. The molecule has 0 bridgehead atoms. The van der Waals surface area contributed by atoms with Crippen molar-refractivity contribution in [3.8, 4) is 0 Å². The first-order chi connectivity index (χ1) is 7.76. The van der Waals surface area contributed by atoms with Crippen LogP contribution in [0.25, 0.3) is 0 Å². The second kappa shape index (κ2) is 8.01. The van der Waals surface area contributed by atoms with Crippen molar-refractivity contribution in [2.75, 3.05) is 52.9 Å². The van der Waals surface area contributed by atoms with Crippen LogP contribution in [0.4, 0.5) is 0 Å². The number of hydrogen-bond donors (Lipinski definition) is 1. The molecular formula is C12H27N3O. The zero-order valence-corrected chi connectivity index (χ0v) is 10.8. The van der Waals surface area contributed by atoms with Gasteiger partial charge in [-0.25, -0.2) is 0 Å². The van der Waals surface area contributed by atoms with Crippen molar-refractivity contribution in [3.63, 3.8) is 0 Å². The lowest BCUT2D eigenvalue weighted by Gasteiger charge is -2.33. The first-order valence-electron chi connectivity index (χ1n) is 6.48. The smallest absolute Gasteiger partial charge is 0.0714 e. The van der Waals surface area contributed by atoms with Crippen LogP contribution in [0.1, 0.15) is 19.8 Å². The Labute approximate surface area is 99.7 Å². The molecule has 1 atom stereocenters. The molecule has 0 amide bonds. The Bertz CT molecular complexity index is 176. The molecule has 4 nitrogen and oxygen atoms in total. The summed E-state index contributed by atoms with van der Waals surface area (Å²) in [6.07, 6.45) is 2.58. The van der Waals surface area contributed by atoms with Crippen molar-refractivity contribution in [2.45, 2.75) is 25.9 Å². The Morgan fingerprint density at radius 2 is 2.25 bits per heavy atom. The Kier molecular flexibility index (Phi) is 6.96. The molecule has 1 rings (SSSR count). The largest absolute Gasteiger partial charge is 0.376 e. The number of likely N-dealkylation sites (N-methyl/N-ethyl adjacent to an activating group) is 1. The van der Waals surface area contributed by atoms with Crippen LogP contribution in [0.5, 0.6) is 0 Å². The summed E-state index contributed by atoms with van der Waals surface area (Å²) < 4.78 is 5.67. The van der Waals surface area contributed by atoms with E-state index in [1.54, 1.807) is 0 Å². The summed E-state index contributed by atoms with van der Waals surface area (Å²) in [7, 11) is 2.20. The van der Waals surface area contributed by atoms with E-state index in [2.05, 4.69) is 23.8 Å². The van der Waals surface area contributed by atoms with Crippen LogP contribution in [-0.4, -0.2) is 68.8 Å². The van der Waals surface area contributed by atoms with E-state index in [0.29, 0.717) is 6.10 Å². The number of ether oxygens (including phenoxy) is 1. The number of nitrogens with two attached hydrogens (primary N) is 1. The Morgan fingerprint density at radius 3 is 2.94 bits per heavy atom. The van der Waals surface area contributed by atoms with Crippen LogP contribution in [0.3, 0.4) is 0 Å². The minimum Gasteiger partial charge on any atom is -0.376 e. The fraction of sp³-hybridized carbons (Fsp3) is 1.00. The van der Waals surface area contributed by atoms with Gasteiger partial charge >= 0.3 is 0 Å². The highest BCUT2D eigenvalue weighted by Crippen LogP contribution is 2.07. The lowest BCUT2D eigenvalue weighted by Crippen LogP contribution is -2.45. The predicted octanol–water partition coefficient (Wildman–Crippen LogP) is 0.378. The predicted molar refractivity (Wildman–Crippen MR) is 67.6 cm³/mol. The molecule has 2 N–H and O–H groups in total. The summed E-state index contributed by atoms with van der Waals surface area (Å²) in [5, 5.41) is 0. The minimum absolute atomic E-state index is 0.357. The van der Waals surface area contributed by atoms with E-state index in [9.17, 15) is 0 Å². The van der Waals surface area contributed by atoms with E-state index < -0.39 is 0 Å². The molecule has 1 unspecified atom stereocenters. The van der Waals surface area contributed by atoms with E-state index in [1.807, 2.05) is 0 Å². The van der Waals surface area contributed by atoms with Gasteiger partial charge in [-0.2, -0.15) is 0 Å². The standard InChI is InChI=1S/C12H27N3O/c1-3-6-14(2)7-8-15-9-10-16-12(11-15)4-5-13/h12H,3-11,13H2,1-2H3. The molecule has 0 aliphatic carbocycles. The van der Waals surface area contributed by atoms with Gasteiger partial charge in [0.25, 0.3) is 0 Å². The first-order valence-corrected chi connectivity index (χ1v) is 6.48. The monoisotopic (exact) mass is 229 g/mol. The number of rotatable bonds is 7. The maximum atomic E-state index is 5.67. The van der Waals surface area contributed by atoms with Gasteiger partial charge in [0, 0.05) is 26.2 Å². The average molecular weight is 229 g/mol. The van der Waals surface area contributed by atoms with Crippen molar-refractivity contribution in [1.82, 2.24) is 9.80 Å². The van der Waals surface area contributed by atoms with Crippen LogP contribution < -0.4 is 5.73 Å². The molecule has 1 aliphatic rings. The van der Waals surface area contributed by atoms with Gasteiger partial charge in [-0.15, -0.1) is 0 Å². The molecule has 0 spiro atoms. The third kappa shape index (κ3) is 5.25. The fourth-order valence-corrected chi connectivity index (χ4v) is 2.15. The van der Waals surface area contributed by atoms with Crippen molar-refractivity contribution in [3.05, 3.63) is 0 Å². The Morgan fingerprint density at radius 1 is 1.44 bits per heavy atom. The van der Waals surface area contributed by atoms with Crippen molar-refractivity contribution in [1.29, 1.82) is 0 Å².